The average Bonchev–Trinajstić information content (AvgIpc) is 3.43. The number of benzene rings is 1. The Bertz CT molecular complexity index is 1090. The number of aromatic nitrogens is 1. The molecule has 1 saturated carbocycles. The fraction of sp³-hybridized carbons (Fsp3) is 0.227. The molecule has 6 nitrogen and oxygen atoms in total. The molecule has 1 aliphatic rings. The summed E-state index contributed by atoms with van der Waals surface area (Å²) >= 11 is 6.70. The van der Waals surface area contributed by atoms with Crippen molar-refractivity contribution in [1.82, 2.24) is 4.57 Å². The number of rotatable bonds is 3. The molecule has 31 heavy (non-hydrogen) atoms. The third kappa shape index (κ3) is 7.66. The van der Waals surface area contributed by atoms with Gasteiger partial charge in [-0.25, -0.2) is 4.39 Å². The Morgan fingerprint density at radius 1 is 0.935 bits per heavy atom. The van der Waals surface area contributed by atoms with Crippen molar-refractivity contribution in [2.75, 3.05) is 0 Å². The van der Waals surface area contributed by atoms with E-state index in [4.69, 9.17) is 23.1 Å². The van der Waals surface area contributed by atoms with Crippen molar-refractivity contribution in [3.05, 3.63) is 85.7 Å². The molecule has 2 amide bonds. The quantitative estimate of drug-likeness (QED) is 0.595. The predicted octanol–water partition coefficient (Wildman–Crippen LogP) is 4.53. The highest BCUT2D eigenvalue weighted by atomic mass is 35.5. The van der Waals surface area contributed by atoms with Crippen LogP contribution in [0, 0.1) is 5.82 Å². The van der Waals surface area contributed by atoms with E-state index in [0.29, 0.717) is 14.9 Å². The summed E-state index contributed by atoms with van der Waals surface area (Å²) in [5.74, 6) is -2.01. The van der Waals surface area contributed by atoms with Crippen LogP contribution in [0.3, 0.4) is 0 Å². The zero-order valence-corrected chi connectivity index (χ0v) is 18.3. The zero-order chi connectivity index (χ0) is 22.8. The number of nitrogens with two attached hydrogens (primary N) is 2. The van der Waals surface area contributed by atoms with E-state index in [1.165, 1.54) is 72.4 Å². The fourth-order valence-corrected chi connectivity index (χ4v) is 3.72. The lowest BCUT2D eigenvalue weighted by Gasteiger charge is -2.06. The second-order valence-corrected chi connectivity index (χ2v) is 8.39. The van der Waals surface area contributed by atoms with Crippen LogP contribution in [0.5, 0.6) is 0 Å². The van der Waals surface area contributed by atoms with Gasteiger partial charge in [-0.1, -0.05) is 49.8 Å². The summed E-state index contributed by atoms with van der Waals surface area (Å²) < 4.78 is 15.4. The Kier molecular flexibility index (Phi) is 9.42. The van der Waals surface area contributed by atoms with Crippen molar-refractivity contribution in [3.8, 4) is 5.69 Å². The molecule has 0 unspecified atom stereocenters. The maximum atomic E-state index is 13.5. The molecule has 0 atom stereocenters. The van der Waals surface area contributed by atoms with E-state index < -0.39 is 17.6 Å². The van der Waals surface area contributed by atoms with Crippen molar-refractivity contribution in [2.24, 2.45) is 11.5 Å². The molecule has 1 aliphatic carbocycles. The minimum Gasteiger partial charge on any atom is -0.366 e. The summed E-state index contributed by atoms with van der Waals surface area (Å²) in [6.45, 7) is 0. The molecule has 3 aromatic rings. The van der Waals surface area contributed by atoms with Crippen LogP contribution in [0.15, 0.2) is 59.5 Å². The summed E-state index contributed by atoms with van der Waals surface area (Å²) in [4.78, 5) is 33.2. The molecule has 9 heteroatoms. The number of pyridine rings is 1. The van der Waals surface area contributed by atoms with Gasteiger partial charge >= 0.3 is 0 Å². The van der Waals surface area contributed by atoms with Gasteiger partial charge in [-0.2, -0.15) is 0 Å². The van der Waals surface area contributed by atoms with Gasteiger partial charge in [0.2, 0.25) is 0 Å². The van der Waals surface area contributed by atoms with Crippen LogP contribution in [0.2, 0.25) is 4.34 Å². The maximum Gasteiger partial charge on any atom is 0.258 e. The summed E-state index contributed by atoms with van der Waals surface area (Å²) in [6.07, 6.45) is 9.01. The van der Waals surface area contributed by atoms with Crippen LogP contribution in [0.1, 0.15) is 52.1 Å². The van der Waals surface area contributed by atoms with Crippen molar-refractivity contribution >= 4 is 34.8 Å². The third-order valence-corrected chi connectivity index (χ3v) is 5.63. The van der Waals surface area contributed by atoms with Gasteiger partial charge in [0, 0.05) is 12.3 Å². The number of carbonyl (C=O) groups excluding carboxylic acids is 2. The fourth-order valence-electron chi connectivity index (χ4n) is 2.82. The molecular formula is C22H23ClFN3O3S. The Morgan fingerprint density at radius 3 is 2.00 bits per heavy atom. The minimum absolute atomic E-state index is 0.197. The van der Waals surface area contributed by atoms with Gasteiger partial charge in [0.25, 0.3) is 17.4 Å². The molecule has 0 saturated heterocycles. The van der Waals surface area contributed by atoms with E-state index in [2.05, 4.69) is 0 Å². The number of halogens is 2. The molecule has 1 fully saturated rings. The molecule has 0 bridgehead atoms. The van der Waals surface area contributed by atoms with E-state index in [9.17, 15) is 18.8 Å². The van der Waals surface area contributed by atoms with Crippen LogP contribution in [0.25, 0.3) is 5.69 Å². The highest BCUT2D eigenvalue weighted by Gasteiger charge is 2.09. The lowest BCUT2D eigenvalue weighted by Crippen LogP contribution is -2.17. The first-order valence-electron chi connectivity index (χ1n) is 9.62. The first-order valence-corrected chi connectivity index (χ1v) is 10.8. The molecule has 4 rings (SSSR count). The zero-order valence-electron chi connectivity index (χ0n) is 16.7. The molecular weight excluding hydrogens is 441 g/mol. The van der Waals surface area contributed by atoms with Gasteiger partial charge < -0.3 is 11.5 Å². The molecule has 0 aliphatic heterocycles. The maximum absolute atomic E-state index is 13.5. The topological polar surface area (TPSA) is 108 Å². The van der Waals surface area contributed by atoms with Crippen LogP contribution < -0.4 is 17.0 Å². The highest BCUT2D eigenvalue weighted by molar-refractivity contribution is 7.17. The molecule has 164 valence electrons. The number of primary amides is 2. The summed E-state index contributed by atoms with van der Waals surface area (Å²) in [5, 5.41) is 0. The standard InChI is InChI=1S/C12H9FN2O2.C5H4ClNOS.C5H10/c13-10-7-8(4-5-9(10)12(14)17)15-6-2-1-3-11(15)16;6-4-2-1-3(9-4)5(7)8;1-2-4-5-3-1/h1-7H,(H2,14,17);1-2H,(H2,7,8);1-5H2. The molecule has 0 radical (unpaired) electrons. The predicted molar refractivity (Wildman–Crippen MR) is 121 cm³/mol. The van der Waals surface area contributed by atoms with Gasteiger partial charge in [0.05, 0.1) is 20.5 Å². The van der Waals surface area contributed by atoms with E-state index in [1.807, 2.05) is 0 Å². The third-order valence-electron chi connectivity index (χ3n) is 4.38. The van der Waals surface area contributed by atoms with E-state index >= 15 is 0 Å². The van der Waals surface area contributed by atoms with Crippen molar-refractivity contribution < 1.29 is 14.0 Å². The first-order chi connectivity index (χ1) is 14.8. The number of hydrogen-bond donors (Lipinski definition) is 2. The Morgan fingerprint density at radius 2 is 1.58 bits per heavy atom. The molecule has 1 aromatic carbocycles. The Labute approximate surface area is 188 Å². The van der Waals surface area contributed by atoms with E-state index in [0.717, 1.165) is 6.07 Å². The summed E-state index contributed by atoms with van der Waals surface area (Å²) in [7, 11) is 0. The Hall–Kier alpha value is -2.97. The highest BCUT2D eigenvalue weighted by Crippen LogP contribution is 2.20. The molecule has 2 aromatic heterocycles. The molecule has 2 heterocycles. The van der Waals surface area contributed by atoms with Crippen LogP contribution in [-0.2, 0) is 0 Å². The normalized spacial score (nSPS) is 12.2. The van der Waals surface area contributed by atoms with E-state index in [-0.39, 0.29) is 11.1 Å². The number of hydrogen-bond acceptors (Lipinski definition) is 4. The van der Waals surface area contributed by atoms with Crippen molar-refractivity contribution in [3.63, 3.8) is 0 Å². The van der Waals surface area contributed by atoms with E-state index in [1.54, 1.807) is 24.3 Å². The lowest BCUT2D eigenvalue weighted by atomic mass is 10.2. The summed E-state index contributed by atoms with van der Waals surface area (Å²) in [6, 6.07) is 11.7. The second kappa shape index (κ2) is 12.0. The van der Waals surface area contributed by atoms with Crippen molar-refractivity contribution in [1.29, 1.82) is 0 Å². The van der Waals surface area contributed by atoms with Crippen LogP contribution in [-0.4, -0.2) is 16.4 Å². The number of carbonyl (C=O) groups is 2. The van der Waals surface area contributed by atoms with Gasteiger partial charge in [-0.3, -0.25) is 19.0 Å². The molecule has 4 N–H and O–H groups in total. The number of nitrogens with zero attached hydrogens (tertiary/aromatic N) is 1. The minimum atomic E-state index is -0.838. The smallest absolute Gasteiger partial charge is 0.258 e. The van der Waals surface area contributed by atoms with Gasteiger partial charge in [-0.15, -0.1) is 11.3 Å². The largest absolute Gasteiger partial charge is 0.366 e. The van der Waals surface area contributed by atoms with Crippen molar-refractivity contribution in [2.45, 2.75) is 32.1 Å². The monoisotopic (exact) mass is 463 g/mol. The number of amides is 2. The first kappa shape index (κ1) is 24.3. The van der Waals surface area contributed by atoms with Crippen LogP contribution in [0.4, 0.5) is 4.39 Å². The summed E-state index contributed by atoms with van der Waals surface area (Å²) in [5.41, 5.74) is 9.80. The second-order valence-electron chi connectivity index (χ2n) is 6.67. The van der Waals surface area contributed by atoms with Crippen LogP contribution >= 0.6 is 22.9 Å². The SMILES string of the molecule is C1CCCC1.NC(=O)c1ccc(-n2ccccc2=O)cc1F.NC(=O)c1ccc(Cl)s1. The Balaban J connectivity index is 0.000000201. The van der Waals surface area contributed by atoms with Gasteiger partial charge in [0.15, 0.2) is 0 Å². The number of thiophene rings is 1. The van der Waals surface area contributed by atoms with Gasteiger partial charge in [-0.05, 0) is 36.4 Å². The average molecular weight is 464 g/mol. The lowest BCUT2D eigenvalue weighted by molar-refractivity contribution is 0.0991. The van der Waals surface area contributed by atoms with Gasteiger partial charge in [0.1, 0.15) is 5.82 Å². The molecule has 0 spiro atoms.